The third-order valence-electron chi connectivity index (χ3n) is 7.92. The van der Waals surface area contributed by atoms with Gasteiger partial charge in [-0.3, -0.25) is 4.79 Å². The molecule has 0 aromatic rings. The van der Waals surface area contributed by atoms with Crippen molar-refractivity contribution in [3.8, 4) is 0 Å². The normalized spacial score (nSPS) is 34.8. The van der Waals surface area contributed by atoms with Gasteiger partial charge in [0.25, 0.3) is 0 Å². The molecule has 1 amide bonds. The number of ether oxygens (including phenoxy) is 2. The minimum absolute atomic E-state index is 0.0547. The van der Waals surface area contributed by atoms with Crippen LogP contribution < -0.4 is 5.32 Å². The Labute approximate surface area is 182 Å². The molecule has 1 heterocycles. The third kappa shape index (κ3) is 5.05. The molecule has 5 nitrogen and oxygen atoms in total. The zero-order valence-corrected chi connectivity index (χ0v) is 18.5. The molecule has 176 valence electrons. The molecule has 1 aliphatic heterocycles. The number of methoxy groups -OCH3 is 1. The Hall–Kier alpha value is -1.28. The summed E-state index contributed by atoms with van der Waals surface area (Å²) in [5.74, 6) is -0.635. The predicted molar refractivity (Wildman–Crippen MR) is 110 cm³/mol. The van der Waals surface area contributed by atoms with Gasteiger partial charge in [0.05, 0.1) is 24.0 Å². The molecule has 4 aliphatic rings. The number of nitrogens with zero attached hydrogens (tertiary/aromatic N) is 1. The van der Waals surface area contributed by atoms with Crippen molar-refractivity contribution < 1.29 is 27.4 Å². The first kappa shape index (κ1) is 22.9. The van der Waals surface area contributed by atoms with E-state index in [0.717, 1.165) is 37.8 Å². The highest BCUT2D eigenvalue weighted by Gasteiger charge is 2.51. The Morgan fingerprint density at radius 2 is 1.90 bits per heavy atom. The van der Waals surface area contributed by atoms with Gasteiger partial charge in [-0.1, -0.05) is 0 Å². The molecule has 0 saturated heterocycles. The zero-order chi connectivity index (χ0) is 22.2. The van der Waals surface area contributed by atoms with E-state index in [-0.39, 0.29) is 42.1 Å². The molecule has 1 N–H and O–H groups in total. The lowest BCUT2D eigenvalue weighted by Crippen LogP contribution is -2.42. The third-order valence-corrected chi connectivity index (χ3v) is 7.92. The average Bonchev–Trinajstić information content (AvgIpc) is 3.46. The molecular formula is C23H35F3N2O3. The van der Waals surface area contributed by atoms with Crippen molar-refractivity contribution >= 4 is 5.91 Å². The maximum Gasteiger partial charge on any atom is 0.391 e. The Balaban J connectivity index is 1.27. The molecule has 3 fully saturated rings. The van der Waals surface area contributed by atoms with Crippen molar-refractivity contribution in [3.63, 3.8) is 0 Å². The number of carbonyl (C=O) groups is 1. The quantitative estimate of drug-likeness (QED) is 0.638. The van der Waals surface area contributed by atoms with Crippen molar-refractivity contribution in [1.82, 2.24) is 10.2 Å². The number of nitrogens with one attached hydrogen (secondary N) is 1. The Morgan fingerprint density at radius 1 is 1.19 bits per heavy atom. The number of alkyl halides is 3. The van der Waals surface area contributed by atoms with Crippen LogP contribution in [0.25, 0.3) is 0 Å². The van der Waals surface area contributed by atoms with Gasteiger partial charge in [-0.05, 0) is 63.7 Å². The molecule has 8 heteroatoms. The summed E-state index contributed by atoms with van der Waals surface area (Å²) < 4.78 is 50.1. The van der Waals surface area contributed by atoms with Crippen LogP contribution in [0.2, 0.25) is 0 Å². The van der Waals surface area contributed by atoms with Gasteiger partial charge in [0.2, 0.25) is 5.91 Å². The molecular weight excluding hydrogens is 409 g/mol. The molecule has 3 atom stereocenters. The number of hydrogen-bond acceptors (Lipinski definition) is 4. The fraction of sp³-hybridized carbons (Fsp3) is 0.870. The number of amides is 1. The summed E-state index contributed by atoms with van der Waals surface area (Å²) in [7, 11) is 3.68. The lowest BCUT2D eigenvalue weighted by atomic mass is 9.81. The van der Waals surface area contributed by atoms with E-state index >= 15 is 0 Å². The number of rotatable bonds is 7. The number of fused-ring (bicyclic) bond motifs is 1. The van der Waals surface area contributed by atoms with Crippen LogP contribution in [-0.2, 0) is 14.3 Å². The molecule has 3 aliphatic carbocycles. The fourth-order valence-electron chi connectivity index (χ4n) is 5.68. The highest BCUT2D eigenvalue weighted by Crippen LogP contribution is 2.47. The van der Waals surface area contributed by atoms with Gasteiger partial charge >= 0.3 is 6.18 Å². The summed E-state index contributed by atoms with van der Waals surface area (Å²) in [6.07, 6.45) is 4.24. The minimum atomic E-state index is -4.06. The summed E-state index contributed by atoms with van der Waals surface area (Å²) in [5, 5.41) is 3.18. The minimum Gasteiger partial charge on any atom is -0.384 e. The second-order valence-electron chi connectivity index (χ2n) is 10.1. The Bertz CT molecular complexity index is 684. The second kappa shape index (κ2) is 8.93. The topological polar surface area (TPSA) is 50.8 Å². The smallest absolute Gasteiger partial charge is 0.384 e. The molecule has 0 bridgehead atoms. The van der Waals surface area contributed by atoms with Crippen LogP contribution in [0.15, 0.2) is 11.9 Å². The molecule has 3 saturated carbocycles. The Morgan fingerprint density at radius 3 is 2.52 bits per heavy atom. The molecule has 31 heavy (non-hydrogen) atoms. The van der Waals surface area contributed by atoms with Crippen LogP contribution in [0.3, 0.4) is 0 Å². The van der Waals surface area contributed by atoms with Gasteiger partial charge in [-0.15, -0.1) is 0 Å². The van der Waals surface area contributed by atoms with Gasteiger partial charge in [-0.25, -0.2) is 0 Å². The highest BCUT2D eigenvalue weighted by molar-refractivity contribution is 5.87. The summed E-state index contributed by atoms with van der Waals surface area (Å²) in [4.78, 5) is 15.0. The molecule has 3 unspecified atom stereocenters. The summed E-state index contributed by atoms with van der Waals surface area (Å²) in [5.41, 5.74) is 0.602. The molecule has 4 rings (SSSR count). The molecule has 0 aromatic carbocycles. The van der Waals surface area contributed by atoms with Crippen molar-refractivity contribution in [2.45, 2.75) is 76.1 Å². The fourth-order valence-corrected chi connectivity index (χ4v) is 5.68. The number of hydrogen-bond donors (Lipinski definition) is 1. The molecule has 0 spiro atoms. The zero-order valence-electron chi connectivity index (χ0n) is 18.5. The van der Waals surface area contributed by atoms with E-state index < -0.39 is 12.1 Å². The van der Waals surface area contributed by atoms with Gasteiger partial charge in [0, 0.05) is 44.6 Å². The van der Waals surface area contributed by atoms with Crippen LogP contribution in [0.1, 0.15) is 57.8 Å². The first-order chi connectivity index (χ1) is 14.7. The number of carbonyl (C=O) groups excluding carboxylic acids is 1. The van der Waals surface area contributed by atoms with E-state index in [1.165, 1.54) is 0 Å². The van der Waals surface area contributed by atoms with E-state index in [1.54, 1.807) is 7.11 Å². The molecule has 0 radical (unpaired) electrons. The van der Waals surface area contributed by atoms with E-state index in [0.29, 0.717) is 32.1 Å². The van der Waals surface area contributed by atoms with Crippen molar-refractivity contribution in [1.29, 1.82) is 0 Å². The summed E-state index contributed by atoms with van der Waals surface area (Å²) >= 11 is 0. The largest absolute Gasteiger partial charge is 0.391 e. The first-order valence-electron chi connectivity index (χ1n) is 11.6. The average molecular weight is 445 g/mol. The van der Waals surface area contributed by atoms with Crippen molar-refractivity contribution in [2.75, 3.05) is 27.4 Å². The van der Waals surface area contributed by atoms with Crippen LogP contribution >= 0.6 is 0 Å². The standard InChI is InChI=1S/C23H35F3N2O3/c1-28-12-19(27-21(29)22(9-10-22)14-30-2)18-11-17(7-8-20(18)28)31-13-15-3-5-16(6-4-15)23(24,25)26/h12,15-18,20H,3-11,13-14H2,1-2H3,(H,27,29). The van der Waals surface area contributed by atoms with Gasteiger partial charge in [-0.2, -0.15) is 13.2 Å². The second-order valence-corrected chi connectivity index (χ2v) is 10.1. The van der Waals surface area contributed by atoms with Crippen LogP contribution in [-0.4, -0.2) is 56.5 Å². The van der Waals surface area contributed by atoms with Gasteiger partial charge in [0.1, 0.15) is 0 Å². The van der Waals surface area contributed by atoms with Crippen LogP contribution in [0.4, 0.5) is 13.2 Å². The highest BCUT2D eigenvalue weighted by atomic mass is 19.4. The Kier molecular flexibility index (Phi) is 6.59. The maximum absolute atomic E-state index is 12.9. The summed E-state index contributed by atoms with van der Waals surface area (Å²) in [6.45, 7) is 1.00. The summed E-state index contributed by atoms with van der Waals surface area (Å²) in [6, 6.07) is 0.370. The van der Waals surface area contributed by atoms with E-state index in [9.17, 15) is 18.0 Å². The van der Waals surface area contributed by atoms with Crippen LogP contribution in [0, 0.1) is 23.2 Å². The van der Waals surface area contributed by atoms with E-state index in [1.807, 2.05) is 0 Å². The lowest BCUT2D eigenvalue weighted by Gasteiger charge is -2.37. The first-order valence-corrected chi connectivity index (χ1v) is 11.6. The predicted octanol–water partition coefficient (Wildman–Crippen LogP) is 4.24. The lowest BCUT2D eigenvalue weighted by molar-refractivity contribution is -0.185. The maximum atomic E-state index is 12.9. The SMILES string of the molecule is COCC1(C(=O)NC2=CN(C)C3CCC(OCC4CCC(C(F)(F)F)CC4)CC23)CC1. The van der Waals surface area contributed by atoms with Crippen molar-refractivity contribution in [3.05, 3.63) is 11.9 Å². The van der Waals surface area contributed by atoms with E-state index in [4.69, 9.17) is 9.47 Å². The van der Waals surface area contributed by atoms with Gasteiger partial charge in [0.15, 0.2) is 0 Å². The van der Waals surface area contributed by atoms with Gasteiger partial charge < -0.3 is 19.7 Å². The number of halogens is 3. The van der Waals surface area contributed by atoms with Crippen LogP contribution in [0.5, 0.6) is 0 Å². The van der Waals surface area contributed by atoms with Crippen molar-refractivity contribution in [2.24, 2.45) is 23.2 Å². The molecule has 0 aromatic heterocycles. The monoisotopic (exact) mass is 444 g/mol. The van der Waals surface area contributed by atoms with E-state index in [2.05, 4.69) is 23.5 Å².